The number of pyridine rings is 2. The van der Waals surface area contributed by atoms with Crippen molar-refractivity contribution < 1.29 is 9.53 Å². The van der Waals surface area contributed by atoms with Gasteiger partial charge >= 0.3 is 0 Å². The average Bonchev–Trinajstić information content (AvgIpc) is 2.79. The lowest BCUT2D eigenvalue weighted by Crippen LogP contribution is -2.43. The molecule has 2 saturated heterocycles. The predicted octanol–water partition coefficient (Wildman–Crippen LogP) is 3.27. The van der Waals surface area contributed by atoms with E-state index in [1.807, 2.05) is 24.1 Å². The number of carbonyl (C=O) groups is 1. The number of likely N-dealkylation sites (tertiary alicyclic amines) is 1. The molecule has 2 aliphatic rings. The average molecular weight is 424 g/mol. The smallest absolute Gasteiger partial charge is 0.224 e. The first-order chi connectivity index (χ1) is 15.1. The molecule has 0 aliphatic carbocycles. The number of aryl methyl sites for hydroxylation is 2. The molecule has 31 heavy (non-hydrogen) atoms. The Labute approximate surface area is 184 Å². The van der Waals surface area contributed by atoms with E-state index in [2.05, 4.69) is 40.3 Å². The van der Waals surface area contributed by atoms with Gasteiger partial charge in [-0.15, -0.1) is 0 Å². The van der Waals surface area contributed by atoms with Crippen molar-refractivity contribution >= 4 is 17.4 Å². The lowest BCUT2D eigenvalue weighted by Gasteiger charge is -2.33. The standard InChI is InChI=1S/C24H33N5O2/c1-18-5-3-8-25-24(18)27-21-15-19(2)26-22(16-21)20-6-4-9-28(17-20)10-7-23(30)29-11-13-31-14-12-29/h3,5,8,15-16,20H,4,6-7,9-14,17H2,1-2H3,(H,25,26,27)/t20-/m0/s1. The second-order valence-electron chi connectivity index (χ2n) is 8.60. The quantitative estimate of drug-likeness (QED) is 0.769. The van der Waals surface area contributed by atoms with Gasteiger partial charge in [-0.2, -0.15) is 0 Å². The first-order valence-electron chi connectivity index (χ1n) is 11.3. The maximum atomic E-state index is 12.5. The minimum atomic E-state index is 0.247. The third kappa shape index (κ3) is 5.80. The lowest BCUT2D eigenvalue weighted by molar-refractivity contribution is -0.135. The number of nitrogens with one attached hydrogen (secondary N) is 1. The predicted molar refractivity (Wildman–Crippen MR) is 122 cm³/mol. The molecular weight excluding hydrogens is 390 g/mol. The highest BCUT2D eigenvalue weighted by Crippen LogP contribution is 2.29. The number of ether oxygens (including phenoxy) is 1. The van der Waals surface area contributed by atoms with E-state index in [0.29, 0.717) is 25.6 Å². The Morgan fingerprint density at radius 1 is 1.23 bits per heavy atom. The Balaban J connectivity index is 1.38. The van der Waals surface area contributed by atoms with Crippen LogP contribution in [0.3, 0.4) is 0 Å². The van der Waals surface area contributed by atoms with Crippen molar-refractivity contribution in [2.24, 2.45) is 0 Å². The first-order valence-corrected chi connectivity index (χ1v) is 11.3. The van der Waals surface area contributed by atoms with E-state index in [4.69, 9.17) is 9.72 Å². The van der Waals surface area contributed by atoms with Crippen molar-refractivity contribution in [1.82, 2.24) is 19.8 Å². The number of carbonyl (C=O) groups excluding carboxylic acids is 1. The van der Waals surface area contributed by atoms with E-state index in [9.17, 15) is 4.79 Å². The minimum absolute atomic E-state index is 0.247. The molecule has 2 aliphatic heterocycles. The van der Waals surface area contributed by atoms with Crippen LogP contribution in [-0.2, 0) is 9.53 Å². The number of hydrogen-bond acceptors (Lipinski definition) is 6. The van der Waals surface area contributed by atoms with Gasteiger partial charge < -0.3 is 19.9 Å². The zero-order valence-electron chi connectivity index (χ0n) is 18.6. The molecule has 1 amide bonds. The van der Waals surface area contributed by atoms with Crippen LogP contribution in [0, 0.1) is 13.8 Å². The Morgan fingerprint density at radius 3 is 2.87 bits per heavy atom. The van der Waals surface area contributed by atoms with E-state index >= 15 is 0 Å². The number of rotatable bonds is 6. The van der Waals surface area contributed by atoms with Gasteiger partial charge in [0.2, 0.25) is 5.91 Å². The summed E-state index contributed by atoms with van der Waals surface area (Å²) < 4.78 is 5.35. The number of aromatic nitrogens is 2. The first kappa shape index (κ1) is 21.7. The van der Waals surface area contributed by atoms with E-state index in [-0.39, 0.29) is 5.91 Å². The topological polar surface area (TPSA) is 70.6 Å². The van der Waals surface area contributed by atoms with Crippen LogP contribution in [0.2, 0.25) is 0 Å². The van der Waals surface area contributed by atoms with Gasteiger partial charge in [0.15, 0.2) is 0 Å². The van der Waals surface area contributed by atoms with Gasteiger partial charge in [0.05, 0.1) is 13.2 Å². The minimum Gasteiger partial charge on any atom is -0.378 e. The number of piperidine rings is 1. The van der Waals surface area contributed by atoms with Crippen LogP contribution in [0.5, 0.6) is 0 Å². The van der Waals surface area contributed by atoms with Crippen molar-refractivity contribution in [3.63, 3.8) is 0 Å². The van der Waals surface area contributed by atoms with Gasteiger partial charge in [-0.3, -0.25) is 9.78 Å². The number of nitrogens with zero attached hydrogens (tertiary/aromatic N) is 4. The van der Waals surface area contributed by atoms with Crippen molar-refractivity contribution in [3.05, 3.63) is 47.4 Å². The molecule has 7 nitrogen and oxygen atoms in total. The monoisotopic (exact) mass is 423 g/mol. The van der Waals surface area contributed by atoms with Crippen molar-refractivity contribution in [3.8, 4) is 0 Å². The maximum absolute atomic E-state index is 12.5. The zero-order chi connectivity index (χ0) is 21.6. The molecule has 166 valence electrons. The van der Waals surface area contributed by atoms with Gasteiger partial charge in [-0.1, -0.05) is 6.07 Å². The molecule has 1 atom stereocenters. The molecule has 0 bridgehead atoms. The van der Waals surface area contributed by atoms with Crippen LogP contribution in [0.1, 0.15) is 42.1 Å². The summed E-state index contributed by atoms with van der Waals surface area (Å²) in [6.07, 6.45) is 4.65. The third-order valence-corrected chi connectivity index (χ3v) is 6.17. The Kier molecular flexibility index (Phi) is 7.14. The summed E-state index contributed by atoms with van der Waals surface area (Å²) >= 11 is 0. The van der Waals surface area contributed by atoms with Crippen molar-refractivity contribution in [2.45, 2.75) is 39.0 Å². The van der Waals surface area contributed by atoms with Crippen molar-refractivity contribution in [1.29, 1.82) is 0 Å². The molecule has 2 aromatic heterocycles. The second kappa shape index (κ2) is 10.2. The van der Waals surface area contributed by atoms with Gasteiger partial charge in [0, 0.05) is 61.8 Å². The summed E-state index contributed by atoms with van der Waals surface area (Å²) in [6.45, 7) is 9.68. The summed E-state index contributed by atoms with van der Waals surface area (Å²) in [4.78, 5) is 26.2. The van der Waals surface area contributed by atoms with Gasteiger partial charge in [0.25, 0.3) is 0 Å². The summed E-state index contributed by atoms with van der Waals surface area (Å²) in [5.74, 6) is 1.51. The number of morpholine rings is 1. The van der Waals surface area contributed by atoms with Gasteiger partial charge in [-0.05, 0) is 57.0 Å². The van der Waals surface area contributed by atoms with Crippen LogP contribution >= 0.6 is 0 Å². The molecule has 0 aromatic carbocycles. The Hall–Kier alpha value is -2.51. The molecule has 0 spiro atoms. The number of anilines is 2. The van der Waals surface area contributed by atoms with Crippen LogP contribution < -0.4 is 5.32 Å². The summed E-state index contributed by atoms with van der Waals surface area (Å²) in [6, 6.07) is 8.24. The highest BCUT2D eigenvalue weighted by Gasteiger charge is 2.24. The lowest BCUT2D eigenvalue weighted by atomic mass is 9.93. The summed E-state index contributed by atoms with van der Waals surface area (Å²) in [5.41, 5.74) is 4.28. The Bertz CT molecular complexity index is 897. The van der Waals surface area contributed by atoms with Crippen LogP contribution in [0.15, 0.2) is 30.5 Å². The fourth-order valence-corrected chi connectivity index (χ4v) is 4.45. The molecule has 0 radical (unpaired) electrons. The van der Waals surface area contributed by atoms with Crippen molar-refractivity contribution in [2.75, 3.05) is 51.3 Å². The highest BCUT2D eigenvalue weighted by molar-refractivity contribution is 5.76. The van der Waals surface area contributed by atoms with Crippen LogP contribution in [-0.4, -0.2) is 71.6 Å². The molecule has 4 heterocycles. The summed E-state index contributed by atoms with van der Waals surface area (Å²) in [7, 11) is 0. The number of amides is 1. The van der Waals surface area contributed by atoms with E-state index in [1.54, 1.807) is 0 Å². The number of hydrogen-bond donors (Lipinski definition) is 1. The fraction of sp³-hybridized carbons (Fsp3) is 0.542. The highest BCUT2D eigenvalue weighted by atomic mass is 16.5. The molecule has 0 saturated carbocycles. The SMILES string of the molecule is Cc1cc(Nc2ncccc2C)cc([C@H]2CCCN(CCC(=O)N3CCOCC3)C2)n1. The molecule has 4 rings (SSSR count). The van der Waals surface area contributed by atoms with Crippen LogP contribution in [0.25, 0.3) is 0 Å². The molecule has 2 aromatic rings. The summed E-state index contributed by atoms with van der Waals surface area (Å²) in [5, 5.41) is 3.46. The van der Waals surface area contributed by atoms with E-state index in [1.165, 1.54) is 0 Å². The molecule has 7 heteroatoms. The maximum Gasteiger partial charge on any atom is 0.224 e. The second-order valence-corrected chi connectivity index (χ2v) is 8.60. The molecular formula is C24H33N5O2. The normalized spacial score (nSPS) is 19.9. The van der Waals surface area contributed by atoms with E-state index < -0.39 is 0 Å². The largest absolute Gasteiger partial charge is 0.378 e. The van der Waals surface area contributed by atoms with E-state index in [0.717, 1.165) is 74.0 Å². The zero-order valence-corrected chi connectivity index (χ0v) is 18.6. The Morgan fingerprint density at radius 2 is 2.06 bits per heavy atom. The molecule has 0 unspecified atom stereocenters. The molecule has 1 N–H and O–H groups in total. The van der Waals surface area contributed by atoms with Gasteiger partial charge in [0.1, 0.15) is 5.82 Å². The fourth-order valence-electron chi connectivity index (χ4n) is 4.45. The third-order valence-electron chi connectivity index (χ3n) is 6.17. The van der Waals surface area contributed by atoms with Crippen LogP contribution in [0.4, 0.5) is 11.5 Å². The van der Waals surface area contributed by atoms with Gasteiger partial charge in [-0.25, -0.2) is 4.98 Å². The molecule has 2 fully saturated rings.